The van der Waals surface area contributed by atoms with E-state index in [2.05, 4.69) is 64.2 Å². The van der Waals surface area contributed by atoms with Crippen LogP contribution in [0.2, 0.25) is 0 Å². The highest BCUT2D eigenvalue weighted by Crippen LogP contribution is 2.25. The predicted octanol–water partition coefficient (Wildman–Crippen LogP) is 4.43. The molecule has 0 aliphatic carbocycles. The molecule has 0 aliphatic rings. The molecule has 0 fully saturated rings. The summed E-state index contributed by atoms with van der Waals surface area (Å²) in [6, 6.07) is 9.62. The molecular weight excluding hydrogens is 206 g/mol. The second kappa shape index (κ2) is 6.20. The van der Waals surface area contributed by atoms with Gasteiger partial charge in [0.1, 0.15) is 0 Å². The Hall–Kier alpha value is -0.820. The van der Waals surface area contributed by atoms with Crippen LogP contribution < -0.4 is 5.32 Å². The van der Waals surface area contributed by atoms with Gasteiger partial charge >= 0.3 is 0 Å². The van der Waals surface area contributed by atoms with E-state index in [1.807, 2.05) is 0 Å². The molecule has 96 valence electrons. The Morgan fingerprint density at radius 1 is 1.06 bits per heavy atom. The predicted molar refractivity (Wildman–Crippen MR) is 76.5 cm³/mol. The maximum atomic E-state index is 3.56. The second-order valence-corrected chi connectivity index (χ2v) is 5.77. The molecule has 1 heteroatoms. The molecule has 17 heavy (non-hydrogen) atoms. The topological polar surface area (TPSA) is 12.0 Å². The molecule has 0 saturated carbocycles. The third-order valence-corrected chi connectivity index (χ3v) is 3.21. The second-order valence-electron chi connectivity index (χ2n) is 5.77. The number of rotatable bonds is 5. The Morgan fingerprint density at radius 3 is 2.06 bits per heavy atom. The summed E-state index contributed by atoms with van der Waals surface area (Å²) in [5, 5.41) is 3.56. The van der Waals surface area contributed by atoms with Gasteiger partial charge in [-0.2, -0.15) is 0 Å². The summed E-state index contributed by atoms with van der Waals surface area (Å²) >= 11 is 0. The first-order chi connectivity index (χ1) is 7.99. The smallest absolute Gasteiger partial charge is 0.0320 e. The van der Waals surface area contributed by atoms with E-state index in [9.17, 15) is 0 Å². The number of hydrogen-bond donors (Lipinski definition) is 1. The van der Waals surface area contributed by atoms with Crippen molar-refractivity contribution in [2.45, 2.75) is 58.9 Å². The SMILES string of the molecule is CCCC(NCC)c1ccc(C(C)(C)C)cc1. The molecule has 0 radical (unpaired) electrons. The van der Waals surface area contributed by atoms with Gasteiger partial charge in [0, 0.05) is 6.04 Å². The standard InChI is InChI=1S/C16H27N/c1-6-8-15(17-7-2)13-9-11-14(12-10-13)16(3,4)5/h9-12,15,17H,6-8H2,1-5H3. The quantitative estimate of drug-likeness (QED) is 0.793. The molecule has 0 aromatic heterocycles. The van der Waals surface area contributed by atoms with E-state index in [0.29, 0.717) is 6.04 Å². The van der Waals surface area contributed by atoms with Crippen LogP contribution in [0, 0.1) is 0 Å². The Morgan fingerprint density at radius 2 is 1.65 bits per heavy atom. The van der Waals surface area contributed by atoms with Crippen molar-refractivity contribution in [3.05, 3.63) is 35.4 Å². The van der Waals surface area contributed by atoms with Crippen LogP contribution in [0.25, 0.3) is 0 Å². The van der Waals surface area contributed by atoms with Crippen LogP contribution in [0.4, 0.5) is 0 Å². The lowest BCUT2D eigenvalue weighted by Gasteiger charge is -2.22. The van der Waals surface area contributed by atoms with Gasteiger partial charge < -0.3 is 5.32 Å². The maximum absolute atomic E-state index is 3.56. The third kappa shape index (κ3) is 4.16. The summed E-state index contributed by atoms with van der Waals surface area (Å²) in [6.07, 6.45) is 2.43. The van der Waals surface area contributed by atoms with Crippen LogP contribution in [0.15, 0.2) is 24.3 Å². The zero-order valence-electron chi connectivity index (χ0n) is 12.0. The van der Waals surface area contributed by atoms with Gasteiger partial charge in [0.25, 0.3) is 0 Å². The van der Waals surface area contributed by atoms with E-state index >= 15 is 0 Å². The molecule has 1 aromatic carbocycles. The van der Waals surface area contributed by atoms with Crippen molar-refractivity contribution < 1.29 is 0 Å². The van der Waals surface area contributed by atoms with Gasteiger partial charge in [-0.1, -0.05) is 65.3 Å². The summed E-state index contributed by atoms with van der Waals surface area (Å²) in [6.45, 7) is 12.2. The minimum Gasteiger partial charge on any atom is -0.310 e. The molecule has 0 amide bonds. The van der Waals surface area contributed by atoms with E-state index in [0.717, 1.165) is 6.54 Å². The molecule has 1 rings (SSSR count). The highest BCUT2D eigenvalue weighted by molar-refractivity contribution is 5.29. The van der Waals surface area contributed by atoms with Gasteiger partial charge in [0.2, 0.25) is 0 Å². The van der Waals surface area contributed by atoms with Gasteiger partial charge in [-0.3, -0.25) is 0 Å². The Balaban J connectivity index is 2.84. The first kappa shape index (κ1) is 14.2. The molecule has 0 bridgehead atoms. The monoisotopic (exact) mass is 233 g/mol. The lowest BCUT2D eigenvalue weighted by Crippen LogP contribution is -2.21. The van der Waals surface area contributed by atoms with Crippen LogP contribution in [-0.2, 0) is 5.41 Å². The fourth-order valence-corrected chi connectivity index (χ4v) is 2.14. The number of benzene rings is 1. The fraction of sp³-hybridized carbons (Fsp3) is 0.625. The van der Waals surface area contributed by atoms with E-state index in [1.165, 1.54) is 24.0 Å². The van der Waals surface area contributed by atoms with Crippen molar-refractivity contribution in [1.82, 2.24) is 5.32 Å². The highest BCUT2D eigenvalue weighted by atomic mass is 14.9. The molecular formula is C16H27N. The van der Waals surface area contributed by atoms with Crippen molar-refractivity contribution in [2.75, 3.05) is 6.54 Å². The zero-order chi connectivity index (χ0) is 12.9. The van der Waals surface area contributed by atoms with Crippen LogP contribution >= 0.6 is 0 Å². The van der Waals surface area contributed by atoms with Gasteiger partial charge in [-0.05, 0) is 29.5 Å². The van der Waals surface area contributed by atoms with Crippen LogP contribution in [0.1, 0.15) is 64.6 Å². The first-order valence-corrected chi connectivity index (χ1v) is 6.82. The molecule has 0 heterocycles. The van der Waals surface area contributed by atoms with Crippen molar-refractivity contribution in [2.24, 2.45) is 0 Å². The summed E-state index contributed by atoms with van der Waals surface area (Å²) < 4.78 is 0. The maximum Gasteiger partial charge on any atom is 0.0320 e. The fourth-order valence-electron chi connectivity index (χ4n) is 2.14. The van der Waals surface area contributed by atoms with Crippen LogP contribution in [0.5, 0.6) is 0 Å². The van der Waals surface area contributed by atoms with E-state index < -0.39 is 0 Å². The van der Waals surface area contributed by atoms with Crippen molar-refractivity contribution in [1.29, 1.82) is 0 Å². The first-order valence-electron chi connectivity index (χ1n) is 6.82. The van der Waals surface area contributed by atoms with E-state index in [1.54, 1.807) is 0 Å². The number of hydrogen-bond acceptors (Lipinski definition) is 1. The van der Waals surface area contributed by atoms with Crippen LogP contribution in [-0.4, -0.2) is 6.54 Å². The lowest BCUT2D eigenvalue weighted by molar-refractivity contribution is 0.508. The summed E-state index contributed by atoms with van der Waals surface area (Å²) in [7, 11) is 0. The Kier molecular flexibility index (Phi) is 5.20. The van der Waals surface area contributed by atoms with Gasteiger partial charge in [0.05, 0.1) is 0 Å². The molecule has 0 spiro atoms. The molecule has 1 N–H and O–H groups in total. The average molecular weight is 233 g/mol. The van der Waals surface area contributed by atoms with Gasteiger partial charge in [0.15, 0.2) is 0 Å². The van der Waals surface area contributed by atoms with E-state index in [-0.39, 0.29) is 5.41 Å². The van der Waals surface area contributed by atoms with Crippen LogP contribution in [0.3, 0.4) is 0 Å². The molecule has 0 saturated heterocycles. The Bertz CT molecular complexity index is 312. The van der Waals surface area contributed by atoms with Crippen molar-refractivity contribution >= 4 is 0 Å². The average Bonchev–Trinajstić information content (AvgIpc) is 2.28. The normalized spacial score (nSPS) is 13.7. The van der Waals surface area contributed by atoms with Crippen molar-refractivity contribution in [3.8, 4) is 0 Å². The lowest BCUT2D eigenvalue weighted by atomic mass is 9.86. The minimum absolute atomic E-state index is 0.247. The summed E-state index contributed by atoms with van der Waals surface area (Å²) in [5.74, 6) is 0. The van der Waals surface area contributed by atoms with Crippen molar-refractivity contribution in [3.63, 3.8) is 0 Å². The third-order valence-electron chi connectivity index (χ3n) is 3.21. The molecule has 0 aliphatic heterocycles. The minimum atomic E-state index is 0.247. The molecule has 1 nitrogen and oxygen atoms in total. The van der Waals surface area contributed by atoms with Gasteiger partial charge in [-0.15, -0.1) is 0 Å². The largest absolute Gasteiger partial charge is 0.310 e. The zero-order valence-corrected chi connectivity index (χ0v) is 12.0. The number of nitrogens with one attached hydrogen (secondary N) is 1. The molecule has 1 aromatic rings. The van der Waals surface area contributed by atoms with Gasteiger partial charge in [-0.25, -0.2) is 0 Å². The summed E-state index contributed by atoms with van der Waals surface area (Å²) in [5.41, 5.74) is 3.08. The Labute approximate surface area is 107 Å². The molecule has 1 unspecified atom stereocenters. The molecule has 1 atom stereocenters. The summed E-state index contributed by atoms with van der Waals surface area (Å²) in [4.78, 5) is 0. The van der Waals surface area contributed by atoms with E-state index in [4.69, 9.17) is 0 Å². The highest BCUT2D eigenvalue weighted by Gasteiger charge is 2.14.